The fourth-order valence-corrected chi connectivity index (χ4v) is 12.3. The summed E-state index contributed by atoms with van der Waals surface area (Å²) < 4.78 is 0. The third-order valence-corrected chi connectivity index (χ3v) is 15.8. The van der Waals surface area contributed by atoms with Crippen molar-refractivity contribution in [3.8, 4) is 0 Å². The quantitative estimate of drug-likeness (QED) is 0.116. The molecular formula is C65H64N2. The standard InChI is InChI=1S/C65H64N2/c1-6-56-57-36-32-45(39-61(57)64(2,3)60(56)41-47-20-19-29-54(38-47)66(50-21-11-7-12-22-50)51-23-13-8-14-24-51)30-31-46-33-37-58-59-43-48-34-35-55(42-49(48)44-63(59)65(4,5)62(58)40-46)67(52-25-15-9-16-26-52)53-27-17-10-18-28-53/h6-7,9-13,15-17,19,21-27,29-33,36-37,39-44,54,59,63H,1,8,14,18,20,28,34-35,38H2,2-5H3/b31-30+,47-41+. The van der Waals surface area contributed by atoms with Gasteiger partial charge in [0.05, 0.1) is 6.04 Å². The predicted molar refractivity (Wildman–Crippen MR) is 286 cm³/mol. The summed E-state index contributed by atoms with van der Waals surface area (Å²) in [6.07, 6.45) is 44.1. The molecule has 0 N–H and O–H groups in total. The Labute approximate surface area is 400 Å². The zero-order chi connectivity index (χ0) is 45.7. The number of anilines is 2. The molecule has 0 heterocycles. The fraction of sp³-hybridized carbons (Fsp3) is 0.262. The summed E-state index contributed by atoms with van der Waals surface area (Å²) in [6.45, 7) is 14.1. The SMILES string of the molecule is C=CC1=C(/C=C2\CC=CC(N(C3=CCCC=C3)c3ccccc3)C2)C(C)(C)c2cc(/C=C/c3ccc4c(c3)C(C)(C)C3C=C5C=C(N(C6=CC=CCC6)c6ccccc6)CCC5=CC43)ccc21. The highest BCUT2D eigenvalue weighted by Gasteiger charge is 2.46. The number of para-hydroxylation sites is 2. The van der Waals surface area contributed by atoms with Gasteiger partial charge in [0.1, 0.15) is 0 Å². The van der Waals surface area contributed by atoms with Crippen LogP contribution in [0, 0.1) is 5.92 Å². The molecule has 7 aliphatic rings. The normalized spacial score (nSPS) is 23.7. The number of hydrogen-bond donors (Lipinski definition) is 0. The average Bonchev–Trinajstić information content (AvgIpc) is 3.71. The van der Waals surface area contributed by atoms with Gasteiger partial charge < -0.3 is 9.80 Å². The van der Waals surface area contributed by atoms with Crippen molar-refractivity contribution in [2.24, 2.45) is 5.92 Å². The van der Waals surface area contributed by atoms with Crippen molar-refractivity contribution >= 4 is 29.1 Å². The molecule has 7 aliphatic carbocycles. The van der Waals surface area contributed by atoms with Gasteiger partial charge in [-0.1, -0.05) is 186 Å². The Balaban J connectivity index is 0.834. The minimum Gasteiger partial charge on any atom is -0.335 e. The van der Waals surface area contributed by atoms with Crippen molar-refractivity contribution in [1.29, 1.82) is 0 Å². The summed E-state index contributed by atoms with van der Waals surface area (Å²) in [7, 11) is 0. The zero-order valence-corrected chi connectivity index (χ0v) is 39.9. The van der Waals surface area contributed by atoms with Crippen LogP contribution < -0.4 is 9.80 Å². The van der Waals surface area contributed by atoms with E-state index in [0.717, 1.165) is 51.4 Å². The van der Waals surface area contributed by atoms with E-state index in [1.54, 1.807) is 0 Å². The first-order valence-corrected chi connectivity index (χ1v) is 24.9. The molecule has 2 heteroatoms. The molecule has 0 aromatic heterocycles. The molecule has 0 radical (unpaired) electrons. The zero-order valence-electron chi connectivity index (χ0n) is 39.9. The van der Waals surface area contributed by atoms with Gasteiger partial charge in [-0.3, -0.25) is 0 Å². The number of fused-ring (bicyclic) bond motifs is 5. The lowest BCUT2D eigenvalue weighted by Crippen LogP contribution is -2.34. The lowest BCUT2D eigenvalue weighted by atomic mass is 9.70. The van der Waals surface area contributed by atoms with Crippen LogP contribution in [0.2, 0.25) is 0 Å². The summed E-state index contributed by atoms with van der Waals surface area (Å²) in [5, 5.41) is 0. The van der Waals surface area contributed by atoms with E-state index in [4.69, 9.17) is 0 Å². The Kier molecular flexibility index (Phi) is 11.2. The van der Waals surface area contributed by atoms with Crippen LogP contribution in [0.1, 0.15) is 118 Å². The van der Waals surface area contributed by atoms with Gasteiger partial charge in [-0.05, 0) is 161 Å². The van der Waals surface area contributed by atoms with Crippen LogP contribution >= 0.6 is 0 Å². The Morgan fingerprint density at radius 2 is 1.48 bits per heavy atom. The summed E-state index contributed by atoms with van der Waals surface area (Å²) >= 11 is 0. The first-order valence-electron chi connectivity index (χ1n) is 24.9. The minimum atomic E-state index is -0.158. The van der Waals surface area contributed by atoms with Gasteiger partial charge in [-0.15, -0.1) is 0 Å². The molecule has 0 saturated heterocycles. The average molecular weight is 873 g/mol. The van der Waals surface area contributed by atoms with E-state index in [2.05, 4.69) is 232 Å². The number of rotatable bonds is 10. The van der Waals surface area contributed by atoms with E-state index in [-0.39, 0.29) is 16.9 Å². The van der Waals surface area contributed by atoms with Crippen molar-refractivity contribution in [2.75, 3.05) is 9.80 Å². The number of hydrogen-bond acceptors (Lipinski definition) is 2. The van der Waals surface area contributed by atoms with Crippen molar-refractivity contribution in [3.63, 3.8) is 0 Å². The van der Waals surface area contributed by atoms with E-state index in [0.29, 0.717) is 11.8 Å². The van der Waals surface area contributed by atoms with Gasteiger partial charge in [0.15, 0.2) is 0 Å². The fourth-order valence-electron chi connectivity index (χ4n) is 12.3. The summed E-state index contributed by atoms with van der Waals surface area (Å²) in [5.74, 6) is 0.824. The van der Waals surface area contributed by atoms with E-state index >= 15 is 0 Å². The van der Waals surface area contributed by atoms with Crippen molar-refractivity contribution < 1.29 is 0 Å². The number of nitrogens with zero attached hydrogens (tertiary/aromatic N) is 2. The van der Waals surface area contributed by atoms with Crippen LogP contribution in [0.15, 0.2) is 222 Å². The van der Waals surface area contributed by atoms with Gasteiger partial charge in [-0.25, -0.2) is 0 Å². The summed E-state index contributed by atoms with van der Waals surface area (Å²) in [4.78, 5) is 5.07. The maximum Gasteiger partial charge on any atom is 0.0559 e. The highest BCUT2D eigenvalue weighted by Crippen LogP contribution is 2.56. The molecule has 0 spiro atoms. The van der Waals surface area contributed by atoms with Crippen LogP contribution in [0.3, 0.4) is 0 Å². The Morgan fingerprint density at radius 3 is 2.21 bits per heavy atom. The van der Waals surface area contributed by atoms with Gasteiger partial charge >= 0.3 is 0 Å². The summed E-state index contributed by atoms with van der Waals surface area (Å²) in [5.41, 5.74) is 21.6. The van der Waals surface area contributed by atoms with Gasteiger partial charge in [0.25, 0.3) is 0 Å². The molecule has 334 valence electrons. The monoisotopic (exact) mass is 873 g/mol. The van der Waals surface area contributed by atoms with Crippen LogP contribution in [0.25, 0.3) is 17.7 Å². The van der Waals surface area contributed by atoms with Crippen LogP contribution in [-0.4, -0.2) is 6.04 Å². The van der Waals surface area contributed by atoms with Gasteiger partial charge in [-0.2, -0.15) is 0 Å². The molecule has 0 saturated carbocycles. The Morgan fingerprint density at radius 1 is 0.716 bits per heavy atom. The molecular weight excluding hydrogens is 809 g/mol. The van der Waals surface area contributed by atoms with E-state index in [1.165, 1.54) is 89.7 Å². The lowest BCUT2D eigenvalue weighted by molar-refractivity contribution is 0.391. The maximum absolute atomic E-state index is 4.37. The summed E-state index contributed by atoms with van der Waals surface area (Å²) in [6, 6.07) is 36.4. The molecule has 2 nitrogen and oxygen atoms in total. The van der Waals surface area contributed by atoms with Gasteiger partial charge in [0, 0.05) is 39.8 Å². The molecule has 4 aromatic carbocycles. The Bertz CT molecular complexity index is 2980. The van der Waals surface area contributed by atoms with Crippen LogP contribution in [-0.2, 0) is 10.8 Å². The number of benzene rings is 4. The molecule has 0 fully saturated rings. The maximum atomic E-state index is 4.37. The topological polar surface area (TPSA) is 6.48 Å². The van der Waals surface area contributed by atoms with E-state index < -0.39 is 0 Å². The molecule has 67 heavy (non-hydrogen) atoms. The third kappa shape index (κ3) is 7.89. The van der Waals surface area contributed by atoms with Crippen molar-refractivity contribution in [3.05, 3.63) is 255 Å². The van der Waals surface area contributed by atoms with E-state index in [1.807, 2.05) is 0 Å². The third-order valence-electron chi connectivity index (χ3n) is 15.8. The van der Waals surface area contributed by atoms with Crippen LogP contribution in [0.5, 0.6) is 0 Å². The lowest BCUT2D eigenvalue weighted by Gasteiger charge is -2.37. The minimum absolute atomic E-state index is 0.00752. The van der Waals surface area contributed by atoms with Crippen molar-refractivity contribution in [1.82, 2.24) is 0 Å². The molecule has 0 aliphatic heterocycles. The number of allylic oxidation sites excluding steroid dienone is 18. The molecule has 11 rings (SSSR count). The second-order valence-corrected chi connectivity index (χ2v) is 20.7. The first-order chi connectivity index (χ1) is 32.7. The smallest absolute Gasteiger partial charge is 0.0559 e. The highest BCUT2D eigenvalue weighted by atomic mass is 15.2. The van der Waals surface area contributed by atoms with Crippen LogP contribution in [0.4, 0.5) is 11.4 Å². The van der Waals surface area contributed by atoms with E-state index in [9.17, 15) is 0 Å². The Hall–Kier alpha value is -6.64. The highest BCUT2D eigenvalue weighted by molar-refractivity contribution is 5.88. The molecule has 3 atom stereocenters. The molecule has 3 unspecified atom stereocenters. The first kappa shape index (κ1) is 43.0. The second kappa shape index (κ2) is 17.5. The molecule has 4 aromatic rings. The van der Waals surface area contributed by atoms with Crippen molar-refractivity contribution in [2.45, 2.75) is 102 Å². The molecule has 0 amide bonds. The second-order valence-electron chi connectivity index (χ2n) is 20.7. The molecule has 0 bridgehead atoms. The predicted octanol–water partition coefficient (Wildman–Crippen LogP) is 16.7. The van der Waals surface area contributed by atoms with Gasteiger partial charge in [0.2, 0.25) is 0 Å². The largest absolute Gasteiger partial charge is 0.335 e.